The summed E-state index contributed by atoms with van der Waals surface area (Å²) in [5.41, 5.74) is 0.962. The number of nitro groups is 1. The Morgan fingerprint density at radius 3 is 2.15 bits per heavy atom. The number of carbonyl (C=O) groups excluding carboxylic acids is 3. The molecule has 4 amide bonds. The lowest BCUT2D eigenvalue weighted by atomic mass is 10.0. The molecule has 3 rings (SSSR count). The number of urea groups is 1. The zero-order valence-corrected chi connectivity index (χ0v) is 23.8. The number of aliphatic hydroxyl groups is 1. The Hall–Kier alpha value is -4.19. The molecule has 2 N–H and O–H groups in total. The summed E-state index contributed by atoms with van der Waals surface area (Å²) < 4.78 is 5.44. The van der Waals surface area contributed by atoms with Crippen molar-refractivity contribution in [2.75, 3.05) is 45.9 Å². The molecule has 1 fully saturated rings. The maximum absolute atomic E-state index is 13.7. The van der Waals surface area contributed by atoms with Gasteiger partial charge < -0.3 is 29.9 Å². The number of rotatable bonds is 10. The van der Waals surface area contributed by atoms with Gasteiger partial charge in [-0.3, -0.25) is 14.9 Å². The molecule has 0 aromatic heterocycles. The van der Waals surface area contributed by atoms with Gasteiger partial charge in [0.15, 0.2) is 0 Å². The van der Waals surface area contributed by atoms with Crippen LogP contribution in [0, 0.1) is 10.1 Å². The van der Waals surface area contributed by atoms with Crippen LogP contribution in [0.1, 0.15) is 31.9 Å². The first-order valence-electron chi connectivity index (χ1n) is 13.7. The minimum Gasteiger partial charge on any atom is -0.444 e. The second kappa shape index (κ2) is 14.4. The number of piperazine rings is 1. The number of non-ortho nitro benzene ring substituents is 1. The van der Waals surface area contributed by atoms with E-state index >= 15 is 0 Å². The first-order valence-corrected chi connectivity index (χ1v) is 13.7. The summed E-state index contributed by atoms with van der Waals surface area (Å²) in [5.74, 6) is -0.326. The summed E-state index contributed by atoms with van der Waals surface area (Å²) in [6, 6.07) is 14.0. The maximum atomic E-state index is 13.7. The fourth-order valence-electron chi connectivity index (χ4n) is 4.43. The Morgan fingerprint density at radius 1 is 0.976 bits per heavy atom. The maximum Gasteiger partial charge on any atom is 0.410 e. The molecule has 1 aliphatic rings. The van der Waals surface area contributed by atoms with Gasteiger partial charge in [0.25, 0.3) is 5.69 Å². The van der Waals surface area contributed by atoms with E-state index in [0.717, 1.165) is 5.56 Å². The average molecular weight is 570 g/mol. The second-order valence-corrected chi connectivity index (χ2v) is 10.9. The molecule has 1 atom stereocenters. The topological polar surface area (TPSA) is 146 Å². The van der Waals surface area contributed by atoms with E-state index in [-0.39, 0.29) is 57.3 Å². The normalized spacial score (nSPS) is 14.2. The molecule has 1 saturated heterocycles. The number of benzene rings is 2. The fourth-order valence-corrected chi connectivity index (χ4v) is 4.43. The monoisotopic (exact) mass is 569 g/mol. The van der Waals surface area contributed by atoms with Gasteiger partial charge in [-0.15, -0.1) is 0 Å². The molecule has 12 heteroatoms. The van der Waals surface area contributed by atoms with E-state index in [2.05, 4.69) is 5.32 Å². The quantitative estimate of drug-likeness (QED) is 0.331. The van der Waals surface area contributed by atoms with Gasteiger partial charge in [0.1, 0.15) is 11.6 Å². The number of nitro benzene ring substituents is 1. The average Bonchev–Trinajstić information content (AvgIpc) is 2.94. The summed E-state index contributed by atoms with van der Waals surface area (Å²) in [6.45, 7) is 6.64. The zero-order valence-electron chi connectivity index (χ0n) is 23.8. The molecule has 12 nitrogen and oxygen atoms in total. The van der Waals surface area contributed by atoms with Gasteiger partial charge in [0.2, 0.25) is 5.91 Å². The number of ether oxygens (including phenoxy) is 1. The Kier molecular flexibility index (Phi) is 11.0. The van der Waals surface area contributed by atoms with Crippen molar-refractivity contribution >= 4 is 23.7 Å². The summed E-state index contributed by atoms with van der Waals surface area (Å²) in [4.78, 5) is 54.6. The van der Waals surface area contributed by atoms with E-state index in [1.54, 1.807) is 42.7 Å². The third kappa shape index (κ3) is 9.75. The van der Waals surface area contributed by atoms with Crippen molar-refractivity contribution in [1.29, 1.82) is 0 Å². The Bertz CT molecular complexity index is 1180. The van der Waals surface area contributed by atoms with E-state index < -0.39 is 28.7 Å². The van der Waals surface area contributed by atoms with Crippen LogP contribution in [-0.4, -0.2) is 100 Å². The molecule has 1 heterocycles. The Morgan fingerprint density at radius 2 is 1.59 bits per heavy atom. The van der Waals surface area contributed by atoms with Gasteiger partial charge in [-0.25, -0.2) is 9.59 Å². The highest BCUT2D eigenvalue weighted by molar-refractivity contribution is 5.87. The predicted molar refractivity (Wildman–Crippen MR) is 152 cm³/mol. The Labute approximate surface area is 240 Å². The highest BCUT2D eigenvalue weighted by Crippen LogP contribution is 2.16. The standard InChI is InChI=1S/C29H39N5O7/c1-29(2,3)41-28(38)33-17-15-31(16-18-33)26(36)25(21-23-9-11-24(12-10-23)34(39)40)30-27(37)32(19-20-35)14-13-22-7-5-4-6-8-22/h4-12,25,35H,13-21H2,1-3H3,(H,30,37)/t25-/m0/s1. The summed E-state index contributed by atoms with van der Waals surface area (Å²) in [5, 5.41) is 23.5. The highest BCUT2D eigenvalue weighted by atomic mass is 16.6. The number of aliphatic hydroxyl groups excluding tert-OH is 1. The van der Waals surface area contributed by atoms with Crippen molar-refractivity contribution in [3.63, 3.8) is 0 Å². The SMILES string of the molecule is CC(C)(C)OC(=O)N1CCN(C(=O)[C@H](Cc2ccc([N+](=O)[O-])cc2)NC(=O)N(CCO)CCc2ccccc2)CC1. The number of hydrogen-bond donors (Lipinski definition) is 2. The third-order valence-electron chi connectivity index (χ3n) is 6.60. The molecule has 0 bridgehead atoms. The van der Waals surface area contributed by atoms with Crippen LogP contribution in [0.4, 0.5) is 15.3 Å². The Balaban J connectivity index is 1.72. The van der Waals surface area contributed by atoms with Crippen LogP contribution in [-0.2, 0) is 22.4 Å². The molecule has 41 heavy (non-hydrogen) atoms. The van der Waals surface area contributed by atoms with Crippen molar-refractivity contribution < 1.29 is 29.2 Å². The number of hydrogen-bond acceptors (Lipinski definition) is 7. The smallest absolute Gasteiger partial charge is 0.410 e. The molecular weight excluding hydrogens is 530 g/mol. The van der Waals surface area contributed by atoms with Gasteiger partial charge >= 0.3 is 12.1 Å². The van der Waals surface area contributed by atoms with Crippen molar-refractivity contribution in [1.82, 2.24) is 20.0 Å². The number of carbonyl (C=O) groups is 3. The van der Waals surface area contributed by atoms with Gasteiger partial charge in [-0.1, -0.05) is 42.5 Å². The van der Waals surface area contributed by atoms with Crippen LogP contribution in [0.15, 0.2) is 54.6 Å². The number of nitrogens with one attached hydrogen (secondary N) is 1. The van der Waals surface area contributed by atoms with Crippen molar-refractivity contribution in [3.8, 4) is 0 Å². The van der Waals surface area contributed by atoms with Crippen LogP contribution in [0.5, 0.6) is 0 Å². The molecular formula is C29H39N5O7. The molecule has 0 spiro atoms. The lowest BCUT2D eigenvalue weighted by Gasteiger charge is -2.37. The molecule has 2 aromatic carbocycles. The van der Waals surface area contributed by atoms with Crippen molar-refractivity contribution in [2.24, 2.45) is 0 Å². The van der Waals surface area contributed by atoms with Crippen LogP contribution in [0.25, 0.3) is 0 Å². The number of nitrogens with zero attached hydrogens (tertiary/aromatic N) is 4. The van der Waals surface area contributed by atoms with E-state index in [1.807, 2.05) is 30.3 Å². The third-order valence-corrected chi connectivity index (χ3v) is 6.60. The highest BCUT2D eigenvalue weighted by Gasteiger charge is 2.32. The molecule has 2 aromatic rings. The zero-order chi connectivity index (χ0) is 30.0. The summed E-state index contributed by atoms with van der Waals surface area (Å²) in [7, 11) is 0. The number of amides is 4. The summed E-state index contributed by atoms with van der Waals surface area (Å²) >= 11 is 0. The van der Waals surface area contributed by atoms with E-state index in [9.17, 15) is 29.6 Å². The van der Waals surface area contributed by atoms with Gasteiger partial charge in [-0.05, 0) is 38.3 Å². The molecule has 0 unspecified atom stereocenters. The van der Waals surface area contributed by atoms with Crippen LogP contribution in [0.2, 0.25) is 0 Å². The molecule has 0 radical (unpaired) electrons. The summed E-state index contributed by atoms with van der Waals surface area (Å²) in [6.07, 6.45) is 0.237. The van der Waals surface area contributed by atoms with E-state index in [1.165, 1.54) is 17.0 Å². The van der Waals surface area contributed by atoms with Crippen LogP contribution >= 0.6 is 0 Å². The first-order chi connectivity index (χ1) is 19.5. The van der Waals surface area contributed by atoms with Crippen LogP contribution in [0.3, 0.4) is 0 Å². The molecule has 0 aliphatic carbocycles. The van der Waals surface area contributed by atoms with Crippen LogP contribution < -0.4 is 5.32 Å². The van der Waals surface area contributed by atoms with E-state index in [4.69, 9.17) is 4.74 Å². The van der Waals surface area contributed by atoms with Gasteiger partial charge in [0, 0.05) is 57.8 Å². The van der Waals surface area contributed by atoms with E-state index in [0.29, 0.717) is 18.5 Å². The van der Waals surface area contributed by atoms with Gasteiger partial charge in [0.05, 0.1) is 11.5 Å². The second-order valence-electron chi connectivity index (χ2n) is 10.9. The van der Waals surface area contributed by atoms with Crippen molar-refractivity contribution in [3.05, 3.63) is 75.8 Å². The minimum absolute atomic E-state index is 0.0750. The largest absolute Gasteiger partial charge is 0.444 e. The fraction of sp³-hybridized carbons (Fsp3) is 0.483. The predicted octanol–water partition coefficient (Wildman–Crippen LogP) is 2.83. The molecule has 0 saturated carbocycles. The van der Waals surface area contributed by atoms with Crippen molar-refractivity contribution in [2.45, 2.75) is 45.3 Å². The first kappa shape index (κ1) is 31.3. The van der Waals surface area contributed by atoms with Gasteiger partial charge in [-0.2, -0.15) is 0 Å². The minimum atomic E-state index is -0.963. The molecule has 1 aliphatic heterocycles. The lowest BCUT2D eigenvalue weighted by Crippen LogP contribution is -2.58. The molecule has 222 valence electrons. The lowest BCUT2D eigenvalue weighted by molar-refractivity contribution is -0.384.